The van der Waals surface area contributed by atoms with Crippen molar-refractivity contribution in [3.63, 3.8) is 0 Å². The summed E-state index contributed by atoms with van der Waals surface area (Å²) in [5, 5.41) is 0.570. The Morgan fingerprint density at radius 2 is 2.36 bits per heavy atom. The van der Waals surface area contributed by atoms with Gasteiger partial charge in [0.1, 0.15) is 0 Å². The van der Waals surface area contributed by atoms with Crippen LogP contribution in [0.15, 0.2) is 0 Å². The molecule has 2 rings (SSSR count). The second-order valence-corrected chi connectivity index (χ2v) is 6.04. The third-order valence-corrected chi connectivity index (χ3v) is 4.66. The molecule has 2 aliphatic rings. The first-order chi connectivity index (χ1) is 6.49. The maximum atomic E-state index is 11.5. The van der Waals surface area contributed by atoms with E-state index in [9.17, 15) is 4.79 Å². The molecule has 2 nitrogen and oxygen atoms in total. The number of carbonyl (C=O) groups is 1. The minimum atomic E-state index is -0.0716. The van der Waals surface area contributed by atoms with Gasteiger partial charge < -0.3 is 4.90 Å². The van der Waals surface area contributed by atoms with Gasteiger partial charge in [-0.05, 0) is 12.8 Å². The molecule has 0 aromatic carbocycles. The van der Waals surface area contributed by atoms with Crippen molar-refractivity contribution in [1.82, 2.24) is 4.90 Å². The monoisotopic (exact) mass is 209 g/mol. The van der Waals surface area contributed by atoms with Gasteiger partial charge in [-0.2, -0.15) is 0 Å². The van der Waals surface area contributed by atoms with Gasteiger partial charge in [0.05, 0.1) is 7.85 Å². The van der Waals surface area contributed by atoms with Gasteiger partial charge in [-0.15, -0.1) is 0 Å². The van der Waals surface area contributed by atoms with Gasteiger partial charge in [0.2, 0.25) is 0 Å². The van der Waals surface area contributed by atoms with Crippen LogP contribution in [0.3, 0.4) is 0 Å². The Bertz CT molecular complexity index is 257. The summed E-state index contributed by atoms with van der Waals surface area (Å²) in [5.41, 5.74) is 0. The van der Waals surface area contributed by atoms with Crippen molar-refractivity contribution in [2.45, 2.75) is 49.2 Å². The second-order valence-electron chi connectivity index (χ2n) is 4.85. The third-order valence-electron chi connectivity index (χ3n) is 3.38. The number of thioether (sulfide) groups is 1. The Balaban J connectivity index is 2.14. The van der Waals surface area contributed by atoms with Crippen LogP contribution in [0.1, 0.15) is 32.6 Å². The molecule has 76 valence electrons. The lowest BCUT2D eigenvalue weighted by Gasteiger charge is -2.26. The fraction of sp³-hybridized carbons (Fsp3) is 0.900. The zero-order valence-corrected chi connectivity index (χ0v) is 9.64. The van der Waals surface area contributed by atoms with Crippen LogP contribution in [-0.2, 0) is 0 Å². The molecule has 3 atom stereocenters. The minimum absolute atomic E-state index is 0.0716. The molecule has 14 heavy (non-hydrogen) atoms. The molecule has 1 heterocycles. The molecule has 1 amide bonds. The molecule has 2 radical (unpaired) electrons. The first kappa shape index (κ1) is 10.4. The van der Waals surface area contributed by atoms with Crippen LogP contribution in [0.4, 0.5) is 4.79 Å². The van der Waals surface area contributed by atoms with Crippen LogP contribution in [0, 0.1) is 0 Å². The predicted octanol–water partition coefficient (Wildman–Crippen LogP) is 2.44. The highest BCUT2D eigenvalue weighted by Gasteiger charge is 2.42. The van der Waals surface area contributed by atoms with E-state index >= 15 is 0 Å². The molecular weight excluding hydrogens is 193 g/mol. The summed E-state index contributed by atoms with van der Waals surface area (Å²) in [6.07, 6.45) is 4.32. The molecule has 0 spiro atoms. The molecule has 0 N–H and O–H groups in total. The number of nitrogens with zero attached hydrogens (tertiary/aromatic N) is 1. The Morgan fingerprint density at radius 3 is 3.07 bits per heavy atom. The minimum Gasteiger partial charge on any atom is -0.333 e. The first-order valence-electron chi connectivity index (χ1n) is 5.22. The standard InChI is InChI=1S/C10H16BNOS/c1-10(11)5-3-4-7-8(6-10)14-9(13)12(7)2/h7-8H,3-6H2,1-2H3. The lowest BCUT2D eigenvalue weighted by molar-refractivity contribution is 0.218. The zero-order valence-electron chi connectivity index (χ0n) is 8.82. The Hall–Kier alpha value is -0.115. The quantitative estimate of drug-likeness (QED) is 0.571. The predicted molar refractivity (Wildman–Crippen MR) is 60.9 cm³/mol. The highest BCUT2D eigenvalue weighted by molar-refractivity contribution is 8.14. The average molecular weight is 209 g/mol. The molecule has 3 unspecified atom stereocenters. The van der Waals surface area contributed by atoms with Crippen LogP contribution < -0.4 is 0 Å². The van der Waals surface area contributed by atoms with Crippen LogP contribution >= 0.6 is 11.8 Å². The molecule has 0 bridgehead atoms. The van der Waals surface area contributed by atoms with Crippen molar-refractivity contribution in [3.05, 3.63) is 0 Å². The van der Waals surface area contributed by atoms with Gasteiger partial charge in [0.15, 0.2) is 0 Å². The molecule has 1 saturated heterocycles. The smallest absolute Gasteiger partial charge is 0.282 e. The molecule has 4 heteroatoms. The SMILES string of the molecule is [B]C1(C)CCCC2C(C1)SC(=O)N2C. The topological polar surface area (TPSA) is 20.3 Å². The number of hydrogen-bond donors (Lipinski definition) is 0. The Morgan fingerprint density at radius 1 is 1.64 bits per heavy atom. The number of rotatable bonds is 0. The fourth-order valence-electron chi connectivity index (χ4n) is 2.51. The van der Waals surface area contributed by atoms with Crippen LogP contribution in [-0.4, -0.2) is 36.3 Å². The van der Waals surface area contributed by atoms with Crippen molar-refractivity contribution in [3.8, 4) is 0 Å². The maximum absolute atomic E-state index is 11.5. The van der Waals surface area contributed by atoms with E-state index in [1.165, 1.54) is 11.8 Å². The average Bonchev–Trinajstić information content (AvgIpc) is 2.28. The molecule has 2 fully saturated rings. The van der Waals surface area contributed by atoms with Crippen molar-refractivity contribution in [1.29, 1.82) is 0 Å². The Kier molecular flexibility index (Phi) is 2.58. The van der Waals surface area contributed by atoms with E-state index in [4.69, 9.17) is 7.85 Å². The van der Waals surface area contributed by atoms with Crippen molar-refractivity contribution in [2.24, 2.45) is 0 Å². The number of hydrogen-bond acceptors (Lipinski definition) is 2. The fourth-order valence-corrected chi connectivity index (χ4v) is 4.01. The van der Waals surface area contributed by atoms with Gasteiger partial charge >= 0.3 is 0 Å². The van der Waals surface area contributed by atoms with Crippen molar-refractivity contribution in [2.75, 3.05) is 7.05 Å². The summed E-state index contributed by atoms with van der Waals surface area (Å²) < 4.78 is 0. The summed E-state index contributed by atoms with van der Waals surface area (Å²) in [6.45, 7) is 2.11. The molecule has 0 aromatic rings. The van der Waals surface area contributed by atoms with E-state index in [0.717, 1.165) is 25.7 Å². The summed E-state index contributed by atoms with van der Waals surface area (Å²) in [5.74, 6) is 0. The number of fused-ring (bicyclic) bond motifs is 1. The van der Waals surface area contributed by atoms with E-state index in [0.29, 0.717) is 11.3 Å². The van der Waals surface area contributed by atoms with E-state index in [-0.39, 0.29) is 10.6 Å². The molecule has 1 aliphatic heterocycles. The van der Waals surface area contributed by atoms with Crippen molar-refractivity contribution < 1.29 is 4.79 Å². The van der Waals surface area contributed by atoms with E-state index in [1.54, 1.807) is 0 Å². The third kappa shape index (κ3) is 1.81. The number of amides is 1. The summed E-state index contributed by atoms with van der Waals surface area (Å²) >= 11 is 1.48. The maximum Gasteiger partial charge on any atom is 0.282 e. The normalized spacial score (nSPS) is 43.6. The first-order valence-corrected chi connectivity index (χ1v) is 6.10. The van der Waals surface area contributed by atoms with Crippen LogP contribution in [0.25, 0.3) is 0 Å². The number of carbonyl (C=O) groups excluding carboxylic acids is 1. The largest absolute Gasteiger partial charge is 0.333 e. The summed E-state index contributed by atoms with van der Waals surface area (Å²) in [4.78, 5) is 13.4. The van der Waals surface area contributed by atoms with Crippen LogP contribution in [0.2, 0.25) is 5.31 Å². The Labute approximate surface area is 91.2 Å². The van der Waals surface area contributed by atoms with E-state index < -0.39 is 0 Å². The highest BCUT2D eigenvalue weighted by Crippen LogP contribution is 2.46. The molecular formula is C10H16BNOS. The van der Waals surface area contributed by atoms with E-state index in [1.807, 2.05) is 11.9 Å². The highest BCUT2D eigenvalue weighted by atomic mass is 32.2. The van der Waals surface area contributed by atoms with E-state index in [2.05, 4.69) is 6.92 Å². The summed E-state index contributed by atoms with van der Waals surface area (Å²) in [7, 11) is 8.10. The van der Waals surface area contributed by atoms with Crippen LogP contribution in [0.5, 0.6) is 0 Å². The van der Waals surface area contributed by atoms with Gasteiger partial charge in [-0.25, -0.2) is 0 Å². The molecule has 1 aliphatic carbocycles. The zero-order chi connectivity index (χ0) is 10.3. The summed E-state index contributed by atoms with van der Waals surface area (Å²) in [6, 6.07) is 0.429. The molecule has 1 saturated carbocycles. The lowest BCUT2D eigenvalue weighted by Crippen LogP contribution is -2.33. The van der Waals surface area contributed by atoms with Gasteiger partial charge in [0, 0.05) is 18.3 Å². The second kappa shape index (κ2) is 3.48. The molecule has 0 aromatic heterocycles. The van der Waals surface area contributed by atoms with Crippen molar-refractivity contribution >= 4 is 24.8 Å². The van der Waals surface area contributed by atoms with Gasteiger partial charge in [-0.3, -0.25) is 4.79 Å². The van der Waals surface area contributed by atoms with Gasteiger partial charge in [0.25, 0.3) is 5.24 Å². The van der Waals surface area contributed by atoms with Gasteiger partial charge in [-0.1, -0.05) is 36.8 Å². The lowest BCUT2D eigenvalue weighted by atomic mass is 9.65.